The standard InChI is InChI=1S/C15H15ClN2O4S/c1-2-23(20,21)18(16)13-6-4-3-5-11(13)14(19)12-9-17-22-15(12)10-7-8-10/h3-6,9-10H,2,7-8H2,1H3. The summed E-state index contributed by atoms with van der Waals surface area (Å²) in [5.74, 6) is 0.264. The highest BCUT2D eigenvalue weighted by Crippen LogP contribution is 2.42. The highest BCUT2D eigenvalue weighted by molar-refractivity contribution is 7.94. The zero-order valence-corrected chi connectivity index (χ0v) is 14.0. The van der Waals surface area contributed by atoms with Crippen LogP contribution in [0.3, 0.4) is 0 Å². The van der Waals surface area contributed by atoms with E-state index in [9.17, 15) is 13.2 Å². The molecule has 1 heterocycles. The minimum Gasteiger partial charge on any atom is -0.360 e. The van der Waals surface area contributed by atoms with Crippen molar-refractivity contribution >= 4 is 33.3 Å². The second-order valence-electron chi connectivity index (χ2n) is 5.34. The van der Waals surface area contributed by atoms with E-state index < -0.39 is 10.0 Å². The third-order valence-corrected chi connectivity index (χ3v) is 5.97. The molecule has 1 fully saturated rings. The van der Waals surface area contributed by atoms with E-state index in [4.69, 9.17) is 16.3 Å². The van der Waals surface area contributed by atoms with Crippen molar-refractivity contribution < 1.29 is 17.7 Å². The quantitative estimate of drug-likeness (QED) is 0.588. The van der Waals surface area contributed by atoms with Gasteiger partial charge in [-0.05, 0) is 31.9 Å². The fourth-order valence-corrected chi connectivity index (χ4v) is 3.41. The van der Waals surface area contributed by atoms with Crippen LogP contribution in [0.5, 0.6) is 0 Å². The number of rotatable bonds is 6. The maximum atomic E-state index is 12.8. The second-order valence-corrected chi connectivity index (χ2v) is 7.98. The number of sulfonamides is 1. The second kappa shape index (κ2) is 5.98. The lowest BCUT2D eigenvalue weighted by Gasteiger charge is -2.17. The number of carbonyl (C=O) groups excluding carboxylic acids is 1. The molecule has 0 spiro atoms. The van der Waals surface area contributed by atoms with E-state index in [1.54, 1.807) is 18.2 Å². The number of ketones is 1. The topological polar surface area (TPSA) is 80.5 Å². The molecule has 0 aliphatic heterocycles. The Kier molecular flexibility index (Phi) is 4.16. The van der Waals surface area contributed by atoms with Crippen LogP contribution >= 0.6 is 11.8 Å². The van der Waals surface area contributed by atoms with Gasteiger partial charge in [-0.25, -0.2) is 8.42 Å². The van der Waals surface area contributed by atoms with Crippen LogP contribution in [0.2, 0.25) is 0 Å². The molecule has 1 aromatic carbocycles. The van der Waals surface area contributed by atoms with E-state index >= 15 is 0 Å². The van der Waals surface area contributed by atoms with Crippen LogP contribution in [0.1, 0.15) is 47.4 Å². The normalized spacial score (nSPS) is 14.7. The lowest BCUT2D eigenvalue weighted by atomic mass is 10.0. The average molecular weight is 355 g/mol. The molecule has 2 aromatic rings. The first-order chi connectivity index (χ1) is 11.0. The number of hydrogen-bond acceptors (Lipinski definition) is 5. The molecule has 0 amide bonds. The fourth-order valence-electron chi connectivity index (χ4n) is 2.29. The van der Waals surface area contributed by atoms with E-state index in [0.717, 1.165) is 12.8 Å². The van der Waals surface area contributed by atoms with Gasteiger partial charge < -0.3 is 4.52 Å². The molecule has 0 unspecified atom stereocenters. The van der Waals surface area contributed by atoms with Gasteiger partial charge in [-0.15, -0.1) is 0 Å². The molecule has 0 saturated heterocycles. The van der Waals surface area contributed by atoms with Crippen molar-refractivity contribution in [2.75, 3.05) is 9.58 Å². The highest BCUT2D eigenvalue weighted by Gasteiger charge is 2.34. The summed E-state index contributed by atoms with van der Waals surface area (Å²) in [5, 5.41) is 3.71. The Balaban J connectivity index is 2.03. The minimum atomic E-state index is -3.68. The van der Waals surface area contributed by atoms with Crippen molar-refractivity contribution in [2.24, 2.45) is 0 Å². The first kappa shape index (κ1) is 16.0. The van der Waals surface area contributed by atoms with Crippen LogP contribution in [0.4, 0.5) is 5.69 Å². The summed E-state index contributed by atoms with van der Waals surface area (Å²) in [6.07, 6.45) is 3.30. The van der Waals surface area contributed by atoms with Crippen LogP contribution in [-0.4, -0.2) is 25.1 Å². The number of hydrogen-bond donors (Lipinski definition) is 0. The number of carbonyl (C=O) groups is 1. The number of aromatic nitrogens is 1. The summed E-state index contributed by atoms with van der Waals surface area (Å²) >= 11 is 5.98. The van der Waals surface area contributed by atoms with E-state index in [2.05, 4.69) is 5.16 Å². The first-order valence-electron chi connectivity index (χ1n) is 7.22. The molecule has 0 N–H and O–H groups in total. The average Bonchev–Trinajstić information content (AvgIpc) is 3.30. The van der Waals surface area contributed by atoms with Gasteiger partial charge in [0, 0.05) is 23.3 Å². The van der Waals surface area contributed by atoms with Crippen molar-refractivity contribution in [3.8, 4) is 0 Å². The summed E-state index contributed by atoms with van der Waals surface area (Å²) < 4.78 is 29.8. The predicted molar refractivity (Wildman–Crippen MR) is 86.1 cm³/mol. The molecule has 23 heavy (non-hydrogen) atoms. The van der Waals surface area contributed by atoms with E-state index in [1.165, 1.54) is 19.2 Å². The van der Waals surface area contributed by atoms with Gasteiger partial charge in [0.15, 0.2) is 11.5 Å². The van der Waals surface area contributed by atoms with Gasteiger partial charge in [0.05, 0.1) is 23.2 Å². The zero-order valence-electron chi connectivity index (χ0n) is 12.4. The van der Waals surface area contributed by atoms with E-state index in [-0.39, 0.29) is 28.7 Å². The van der Waals surface area contributed by atoms with E-state index in [0.29, 0.717) is 15.1 Å². The number of benzene rings is 1. The molecule has 0 radical (unpaired) electrons. The van der Waals surface area contributed by atoms with Crippen LogP contribution in [0.25, 0.3) is 0 Å². The van der Waals surface area contributed by atoms with Gasteiger partial charge in [0.1, 0.15) is 0 Å². The van der Waals surface area contributed by atoms with Crippen molar-refractivity contribution in [1.82, 2.24) is 5.16 Å². The largest absolute Gasteiger partial charge is 0.360 e. The van der Waals surface area contributed by atoms with Gasteiger partial charge in [0.2, 0.25) is 10.0 Å². The molecule has 1 saturated carbocycles. The lowest BCUT2D eigenvalue weighted by molar-refractivity contribution is 0.103. The van der Waals surface area contributed by atoms with Crippen LogP contribution in [0.15, 0.2) is 35.0 Å². The number of halogens is 1. The van der Waals surface area contributed by atoms with Crippen molar-refractivity contribution in [1.29, 1.82) is 0 Å². The first-order valence-corrected chi connectivity index (χ1v) is 9.17. The van der Waals surface area contributed by atoms with Crippen molar-refractivity contribution in [2.45, 2.75) is 25.7 Å². The third-order valence-electron chi connectivity index (χ3n) is 3.74. The predicted octanol–water partition coefficient (Wildman–Crippen LogP) is 3.09. The Hall–Kier alpha value is -1.86. The Morgan fingerprint density at radius 1 is 1.35 bits per heavy atom. The van der Waals surface area contributed by atoms with Crippen LogP contribution in [-0.2, 0) is 10.0 Å². The van der Waals surface area contributed by atoms with Gasteiger partial charge in [-0.1, -0.05) is 17.3 Å². The highest BCUT2D eigenvalue weighted by atomic mass is 35.5. The SMILES string of the molecule is CCS(=O)(=O)N(Cl)c1ccccc1C(=O)c1cnoc1C1CC1. The molecule has 122 valence electrons. The summed E-state index contributed by atoms with van der Waals surface area (Å²) in [7, 11) is -3.68. The van der Waals surface area contributed by atoms with Crippen LogP contribution < -0.4 is 3.82 Å². The number of nitrogens with zero attached hydrogens (tertiary/aromatic N) is 2. The summed E-state index contributed by atoms with van der Waals surface area (Å²) in [6, 6.07) is 6.33. The van der Waals surface area contributed by atoms with Crippen molar-refractivity contribution in [3.05, 3.63) is 47.3 Å². The molecule has 0 atom stereocenters. The molecule has 0 bridgehead atoms. The maximum absolute atomic E-state index is 12.8. The number of para-hydroxylation sites is 1. The van der Waals surface area contributed by atoms with E-state index in [1.807, 2.05) is 0 Å². The summed E-state index contributed by atoms with van der Waals surface area (Å²) in [5.41, 5.74) is 0.688. The molecule has 3 rings (SSSR count). The molecule has 1 aromatic heterocycles. The van der Waals surface area contributed by atoms with Gasteiger partial charge in [-0.2, -0.15) is 3.82 Å². The van der Waals surface area contributed by atoms with Crippen LogP contribution in [0, 0.1) is 0 Å². The Labute approximate surface area is 139 Å². The third kappa shape index (κ3) is 2.98. The minimum absolute atomic E-state index is 0.129. The summed E-state index contributed by atoms with van der Waals surface area (Å²) in [4.78, 5) is 12.8. The molecule has 6 nitrogen and oxygen atoms in total. The molecule has 8 heteroatoms. The molecular weight excluding hydrogens is 340 g/mol. The van der Waals surface area contributed by atoms with Gasteiger partial charge in [-0.3, -0.25) is 4.79 Å². The van der Waals surface area contributed by atoms with Crippen molar-refractivity contribution in [3.63, 3.8) is 0 Å². The Morgan fingerprint density at radius 3 is 2.70 bits per heavy atom. The van der Waals surface area contributed by atoms with Gasteiger partial charge in [0.25, 0.3) is 0 Å². The fraction of sp³-hybridized carbons (Fsp3) is 0.333. The number of anilines is 1. The molecule has 1 aliphatic rings. The lowest BCUT2D eigenvalue weighted by Crippen LogP contribution is -2.24. The monoisotopic (exact) mass is 354 g/mol. The van der Waals surface area contributed by atoms with Gasteiger partial charge >= 0.3 is 0 Å². The Morgan fingerprint density at radius 2 is 2.04 bits per heavy atom. The zero-order chi connectivity index (χ0) is 16.6. The molecule has 1 aliphatic carbocycles. The smallest absolute Gasteiger partial charge is 0.248 e. The maximum Gasteiger partial charge on any atom is 0.248 e. The molecular formula is C15H15ClN2O4S. The summed E-state index contributed by atoms with van der Waals surface area (Å²) in [6.45, 7) is 1.49. The Bertz CT molecular complexity index is 843.